The van der Waals surface area contributed by atoms with E-state index in [2.05, 4.69) is 42.7 Å². The molecule has 1 aliphatic rings. The molecule has 0 saturated carbocycles. The molecule has 90 valence electrons. The highest BCUT2D eigenvalue weighted by Crippen LogP contribution is 2.43. The van der Waals surface area contributed by atoms with Gasteiger partial charge in [0.15, 0.2) is 0 Å². The second kappa shape index (κ2) is 5.54. The number of fused-ring (bicyclic) bond motifs is 1. The van der Waals surface area contributed by atoms with Gasteiger partial charge in [-0.3, -0.25) is 0 Å². The third kappa shape index (κ3) is 3.00. The van der Waals surface area contributed by atoms with Crippen molar-refractivity contribution in [2.24, 2.45) is 0 Å². The number of thioether (sulfide) groups is 1. The Labute approximate surface area is 106 Å². The van der Waals surface area contributed by atoms with E-state index in [9.17, 15) is 0 Å². The fourth-order valence-electron chi connectivity index (χ4n) is 2.00. The van der Waals surface area contributed by atoms with Crippen molar-refractivity contribution in [1.29, 1.82) is 0 Å². The summed E-state index contributed by atoms with van der Waals surface area (Å²) in [6.07, 6.45) is 1.25. The van der Waals surface area contributed by atoms with E-state index in [4.69, 9.17) is 0 Å². The maximum absolute atomic E-state index is 3.68. The molecule has 2 nitrogen and oxygen atoms in total. The van der Waals surface area contributed by atoms with Crippen LogP contribution >= 0.6 is 23.1 Å². The molecule has 1 aromatic rings. The van der Waals surface area contributed by atoms with Gasteiger partial charge < -0.3 is 10.2 Å². The van der Waals surface area contributed by atoms with Crippen molar-refractivity contribution in [3.63, 3.8) is 0 Å². The average Bonchev–Trinajstić information content (AvgIpc) is 2.64. The van der Waals surface area contributed by atoms with Gasteiger partial charge in [0.1, 0.15) is 0 Å². The van der Waals surface area contributed by atoms with Crippen molar-refractivity contribution < 1.29 is 0 Å². The summed E-state index contributed by atoms with van der Waals surface area (Å²) in [7, 11) is 4.24. The van der Waals surface area contributed by atoms with Crippen molar-refractivity contribution in [1.82, 2.24) is 10.2 Å². The molecule has 1 aliphatic heterocycles. The Balaban J connectivity index is 1.95. The highest BCUT2D eigenvalue weighted by Gasteiger charge is 2.25. The highest BCUT2D eigenvalue weighted by molar-refractivity contribution is 8.01. The lowest BCUT2D eigenvalue weighted by molar-refractivity contribution is 0.377. The van der Waals surface area contributed by atoms with E-state index in [1.807, 2.05) is 23.1 Å². The molecule has 0 spiro atoms. The summed E-state index contributed by atoms with van der Waals surface area (Å²) in [6, 6.07) is 2.85. The Kier molecular flexibility index (Phi) is 4.30. The minimum Gasteiger partial charge on any atom is -0.309 e. The molecule has 1 unspecified atom stereocenters. The van der Waals surface area contributed by atoms with E-state index in [-0.39, 0.29) is 0 Å². The first-order valence-electron chi connectivity index (χ1n) is 5.79. The van der Waals surface area contributed by atoms with Crippen LogP contribution in [0.25, 0.3) is 0 Å². The van der Waals surface area contributed by atoms with Crippen LogP contribution in [-0.2, 0) is 0 Å². The smallest absolute Gasteiger partial charge is 0.0649 e. The topological polar surface area (TPSA) is 15.3 Å². The molecule has 0 amide bonds. The number of nitrogens with one attached hydrogen (secondary N) is 1. The standard InChI is InChI=1S/C12H20N2S2/c1-9-8-11(13-5-6-14(2)3)10-4-7-15-12(10)16-9/h4,7,9,11,13H,5-6,8H2,1-3H3/t9-,11?/m0/s1. The van der Waals surface area contributed by atoms with Gasteiger partial charge in [0, 0.05) is 24.4 Å². The first-order chi connectivity index (χ1) is 7.66. The quantitative estimate of drug-likeness (QED) is 0.892. The van der Waals surface area contributed by atoms with E-state index in [1.54, 1.807) is 0 Å². The Bertz CT molecular complexity index is 336. The molecule has 0 aliphatic carbocycles. The van der Waals surface area contributed by atoms with Gasteiger partial charge in [-0.2, -0.15) is 0 Å². The zero-order valence-electron chi connectivity index (χ0n) is 10.2. The van der Waals surface area contributed by atoms with Gasteiger partial charge in [-0.05, 0) is 37.5 Å². The normalized spacial score (nSPS) is 24.8. The van der Waals surface area contributed by atoms with Gasteiger partial charge in [0.05, 0.1) is 4.21 Å². The number of rotatable bonds is 4. The number of nitrogens with zero attached hydrogens (tertiary/aromatic N) is 1. The lowest BCUT2D eigenvalue weighted by atomic mass is 10.1. The van der Waals surface area contributed by atoms with E-state index in [0.29, 0.717) is 6.04 Å². The van der Waals surface area contributed by atoms with E-state index >= 15 is 0 Å². The van der Waals surface area contributed by atoms with E-state index < -0.39 is 0 Å². The maximum Gasteiger partial charge on any atom is 0.0649 e. The predicted molar refractivity (Wildman–Crippen MR) is 73.6 cm³/mol. The van der Waals surface area contributed by atoms with Gasteiger partial charge in [-0.15, -0.1) is 23.1 Å². The number of hydrogen-bond acceptors (Lipinski definition) is 4. The van der Waals surface area contributed by atoms with Crippen molar-refractivity contribution >= 4 is 23.1 Å². The van der Waals surface area contributed by atoms with Gasteiger partial charge in [0.25, 0.3) is 0 Å². The largest absolute Gasteiger partial charge is 0.309 e. The molecule has 0 saturated heterocycles. The van der Waals surface area contributed by atoms with Crippen LogP contribution in [0, 0.1) is 0 Å². The molecule has 2 heterocycles. The number of thiophene rings is 1. The molecule has 0 fully saturated rings. The first kappa shape index (κ1) is 12.4. The van der Waals surface area contributed by atoms with Crippen molar-refractivity contribution in [3.05, 3.63) is 17.0 Å². The maximum atomic E-state index is 3.68. The average molecular weight is 256 g/mol. The zero-order chi connectivity index (χ0) is 11.5. The molecule has 16 heavy (non-hydrogen) atoms. The van der Waals surface area contributed by atoms with Gasteiger partial charge in [0.2, 0.25) is 0 Å². The summed E-state index contributed by atoms with van der Waals surface area (Å²) >= 11 is 3.92. The van der Waals surface area contributed by atoms with Gasteiger partial charge in [-0.1, -0.05) is 6.92 Å². The van der Waals surface area contributed by atoms with Crippen LogP contribution in [0.5, 0.6) is 0 Å². The molecule has 1 aromatic heterocycles. The minimum atomic E-state index is 0.567. The number of likely N-dealkylation sites (N-methyl/N-ethyl adjacent to an activating group) is 1. The fourth-order valence-corrected chi connectivity index (χ4v) is 4.57. The van der Waals surface area contributed by atoms with Gasteiger partial charge in [-0.25, -0.2) is 0 Å². The SMILES string of the molecule is C[C@H]1CC(NCCN(C)C)c2ccsc2S1. The summed E-state index contributed by atoms with van der Waals surface area (Å²) in [6.45, 7) is 4.51. The fraction of sp³-hybridized carbons (Fsp3) is 0.667. The van der Waals surface area contributed by atoms with Crippen LogP contribution in [-0.4, -0.2) is 37.3 Å². The third-order valence-electron chi connectivity index (χ3n) is 2.86. The van der Waals surface area contributed by atoms with Crippen LogP contribution in [0.1, 0.15) is 24.9 Å². The summed E-state index contributed by atoms with van der Waals surface area (Å²) < 4.78 is 1.51. The summed E-state index contributed by atoms with van der Waals surface area (Å²) in [5.41, 5.74) is 1.52. The van der Waals surface area contributed by atoms with Crippen LogP contribution in [0.2, 0.25) is 0 Å². The Morgan fingerprint density at radius 3 is 3.06 bits per heavy atom. The summed E-state index contributed by atoms with van der Waals surface area (Å²) in [5.74, 6) is 0. The summed E-state index contributed by atoms with van der Waals surface area (Å²) in [5, 5.41) is 6.63. The van der Waals surface area contributed by atoms with Crippen molar-refractivity contribution in [2.45, 2.75) is 28.8 Å². The predicted octanol–water partition coefficient (Wildman–Crippen LogP) is 2.82. The Morgan fingerprint density at radius 2 is 2.31 bits per heavy atom. The molecule has 2 atom stereocenters. The Morgan fingerprint density at radius 1 is 1.50 bits per heavy atom. The second-order valence-corrected chi connectivity index (χ2v) is 7.26. The van der Waals surface area contributed by atoms with Crippen molar-refractivity contribution in [2.75, 3.05) is 27.2 Å². The van der Waals surface area contributed by atoms with E-state index in [0.717, 1.165) is 18.3 Å². The minimum absolute atomic E-state index is 0.567. The molecule has 0 bridgehead atoms. The molecule has 1 N–H and O–H groups in total. The molecule has 0 aromatic carbocycles. The van der Waals surface area contributed by atoms with Crippen molar-refractivity contribution in [3.8, 4) is 0 Å². The second-order valence-electron chi connectivity index (χ2n) is 4.64. The molecule has 0 radical (unpaired) electrons. The Hall–Kier alpha value is -0.0300. The lowest BCUT2D eigenvalue weighted by Gasteiger charge is -2.28. The van der Waals surface area contributed by atoms with Crippen LogP contribution < -0.4 is 5.32 Å². The van der Waals surface area contributed by atoms with Crippen LogP contribution in [0.15, 0.2) is 15.7 Å². The van der Waals surface area contributed by atoms with Gasteiger partial charge >= 0.3 is 0 Å². The van der Waals surface area contributed by atoms with Crippen LogP contribution in [0.3, 0.4) is 0 Å². The first-order valence-corrected chi connectivity index (χ1v) is 7.55. The summed E-state index contributed by atoms with van der Waals surface area (Å²) in [4.78, 5) is 2.22. The molecular weight excluding hydrogens is 236 g/mol. The van der Waals surface area contributed by atoms with E-state index in [1.165, 1.54) is 16.2 Å². The number of hydrogen-bond donors (Lipinski definition) is 1. The molecule has 4 heteroatoms. The monoisotopic (exact) mass is 256 g/mol. The molecular formula is C12H20N2S2. The highest BCUT2D eigenvalue weighted by atomic mass is 32.2. The van der Waals surface area contributed by atoms with Crippen LogP contribution in [0.4, 0.5) is 0 Å². The zero-order valence-corrected chi connectivity index (χ0v) is 11.8. The lowest BCUT2D eigenvalue weighted by Crippen LogP contribution is -2.32. The molecule has 2 rings (SSSR count). The third-order valence-corrected chi connectivity index (χ3v) is 5.20.